The van der Waals surface area contributed by atoms with Crippen molar-refractivity contribution in [3.05, 3.63) is 59.9 Å². The summed E-state index contributed by atoms with van der Waals surface area (Å²) in [6.45, 7) is 2.52. The molecule has 1 aromatic carbocycles. The maximum Gasteiger partial charge on any atom is 0.256 e. The second kappa shape index (κ2) is 7.05. The number of rotatable bonds is 4. The first-order valence-corrected chi connectivity index (χ1v) is 7.84. The third-order valence-electron chi connectivity index (χ3n) is 4.14. The summed E-state index contributed by atoms with van der Waals surface area (Å²) in [7, 11) is 0. The normalized spacial score (nSPS) is 20.1. The third-order valence-corrected chi connectivity index (χ3v) is 4.14. The van der Waals surface area contributed by atoms with Crippen molar-refractivity contribution < 1.29 is 18.3 Å². The van der Waals surface area contributed by atoms with Crippen molar-refractivity contribution in [1.82, 2.24) is 4.98 Å². The van der Waals surface area contributed by atoms with Crippen molar-refractivity contribution in [2.45, 2.75) is 26.0 Å². The van der Waals surface area contributed by atoms with Crippen LogP contribution in [0.15, 0.2) is 42.6 Å². The standard InChI is InChI=1S/C18H18F2N2O2/c1-12-7-9-24-17(12)18(23)22(11-14-4-2-3-8-21-14)16-6-5-13(19)10-15(16)20/h2-6,8,10,12,17H,7,9,11H2,1H3/t12-,17+/m0/s1. The van der Waals surface area contributed by atoms with Gasteiger partial charge in [-0.2, -0.15) is 0 Å². The van der Waals surface area contributed by atoms with Crippen molar-refractivity contribution in [1.29, 1.82) is 0 Å². The molecule has 1 aromatic heterocycles. The molecule has 0 radical (unpaired) electrons. The van der Waals surface area contributed by atoms with Crippen LogP contribution in [-0.2, 0) is 16.1 Å². The first-order valence-electron chi connectivity index (χ1n) is 7.84. The Kier molecular flexibility index (Phi) is 4.85. The molecule has 2 heterocycles. The van der Waals surface area contributed by atoms with Crippen LogP contribution < -0.4 is 4.90 Å². The van der Waals surface area contributed by atoms with Gasteiger partial charge >= 0.3 is 0 Å². The van der Waals surface area contributed by atoms with Gasteiger partial charge in [0.1, 0.15) is 17.7 Å². The summed E-state index contributed by atoms with van der Waals surface area (Å²) in [5, 5.41) is 0. The van der Waals surface area contributed by atoms with Crippen LogP contribution in [0.4, 0.5) is 14.5 Å². The summed E-state index contributed by atoms with van der Waals surface area (Å²) >= 11 is 0. The molecule has 0 unspecified atom stereocenters. The first-order chi connectivity index (χ1) is 11.6. The van der Waals surface area contributed by atoms with E-state index in [1.165, 1.54) is 11.0 Å². The first kappa shape index (κ1) is 16.5. The summed E-state index contributed by atoms with van der Waals surface area (Å²) in [6, 6.07) is 8.48. The quantitative estimate of drug-likeness (QED) is 0.862. The zero-order valence-electron chi connectivity index (χ0n) is 13.3. The lowest BCUT2D eigenvalue weighted by atomic mass is 10.0. The van der Waals surface area contributed by atoms with Gasteiger partial charge in [-0.3, -0.25) is 9.78 Å². The number of carbonyl (C=O) groups is 1. The highest BCUT2D eigenvalue weighted by Gasteiger charge is 2.35. The molecule has 1 aliphatic heterocycles. The SMILES string of the molecule is C[C@H]1CCO[C@H]1C(=O)N(Cc1ccccn1)c1ccc(F)cc1F. The molecule has 0 N–H and O–H groups in total. The molecule has 4 nitrogen and oxygen atoms in total. The Hall–Kier alpha value is -2.34. The van der Waals surface area contributed by atoms with E-state index in [4.69, 9.17) is 4.74 Å². The predicted octanol–water partition coefficient (Wildman–Crippen LogP) is 3.32. The average molecular weight is 332 g/mol. The lowest BCUT2D eigenvalue weighted by Gasteiger charge is -2.27. The van der Waals surface area contributed by atoms with E-state index in [2.05, 4.69) is 4.98 Å². The van der Waals surface area contributed by atoms with Crippen LogP contribution in [0.2, 0.25) is 0 Å². The van der Waals surface area contributed by atoms with Gasteiger partial charge in [0.2, 0.25) is 0 Å². The topological polar surface area (TPSA) is 42.4 Å². The molecule has 0 saturated carbocycles. The maximum absolute atomic E-state index is 14.3. The number of ether oxygens (including phenoxy) is 1. The molecule has 1 fully saturated rings. The number of nitrogens with zero attached hydrogens (tertiary/aromatic N) is 2. The van der Waals surface area contributed by atoms with Gasteiger partial charge in [-0.05, 0) is 36.6 Å². The van der Waals surface area contributed by atoms with Crippen LogP contribution in [-0.4, -0.2) is 23.6 Å². The van der Waals surface area contributed by atoms with Crippen molar-refractivity contribution in [3.63, 3.8) is 0 Å². The van der Waals surface area contributed by atoms with E-state index in [-0.39, 0.29) is 24.1 Å². The number of amides is 1. The Morgan fingerprint density at radius 1 is 1.33 bits per heavy atom. The molecule has 6 heteroatoms. The molecule has 1 amide bonds. The monoisotopic (exact) mass is 332 g/mol. The lowest BCUT2D eigenvalue weighted by Crippen LogP contribution is -2.41. The second-order valence-corrected chi connectivity index (χ2v) is 5.90. The number of carbonyl (C=O) groups excluding carboxylic acids is 1. The molecule has 0 bridgehead atoms. The van der Waals surface area contributed by atoms with Crippen LogP contribution >= 0.6 is 0 Å². The van der Waals surface area contributed by atoms with Crippen LogP contribution in [0, 0.1) is 17.6 Å². The molecule has 1 saturated heterocycles. The molecule has 2 aromatic rings. The summed E-state index contributed by atoms with van der Waals surface area (Å²) in [4.78, 5) is 18.4. The fourth-order valence-electron chi connectivity index (χ4n) is 2.80. The number of pyridine rings is 1. The Bertz CT molecular complexity index is 724. The summed E-state index contributed by atoms with van der Waals surface area (Å²) in [5.74, 6) is -1.76. The van der Waals surface area contributed by atoms with Crippen molar-refractivity contribution >= 4 is 11.6 Å². The van der Waals surface area contributed by atoms with Gasteiger partial charge in [0.15, 0.2) is 0 Å². The maximum atomic E-state index is 14.3. The summed E-state index contributed by atoms with van der Waals surface area (Å²) in [6.07, 6.45) is 1.76. The van der Waals surface area contributed by atoms with E-state index in [0.29, 0.717) is 12.3 Å². The smallest absolute Gasteiger partial charge is 0.256 e. The second-order valence-electron chi connectivity index (χ2n) is 5.90. The fourth-order valence-corrected chi connectivity index (χ4v) is 2.80. The van der Waals surface area contributed by atoms with E-state index in [1.54, 1.807) is 24.4 Å². The van der Waals surface area contributed by atoms with Crippen LogP contribution in [0.5, 0.6) is 0 Å². The minimum Gasteiger partial charge on any atom is -0.368 e. The Balaban J connectivity index is 1.95. The number of hydrogen-bond acceptors (Lipinski definition) is 3. The van der Waals surface area contributed by atoms with E-state index in [1.807, 2.05) is 6.92 Å². The number of halogens is 2. The van der Waals surface area contributed by atoms with Gasteiger partial charge in [0.05, 0.1) is 17.9 Å². The summed E-state index contributed by atoms with van der Waals surface area (Å²) < 4.78 is 33.0. The van der Waals surface area contributed by atoms with Crippen molar-refractivity contribution in [2.75, 3.05) is 11.5 Å². The highest BCUT2D eigenvalue weighted by Crippen LogP contribution is 2.28. The van der Waals surface area contributed by atoms with Gasteiger partial charge < -0.3 is 9.64 Å². The molecule has 2 atom stereocenters. The number of benzene rings is 1. The van der Waals surface area contributed by atoms with Crippen LogP contribution in [0.3, 0.4) is 0 Å². The lowest BCUT2D eigenvalue weighted by molar-refractivity contribution is -0.128. The molecule has 0 aliphatic carbocycles. The van der Waals surface area contributed by atoms with E-state index in [0.717, 1.165) is 18.6 Å². The Labute approximate surface area is 139 Å². The third kappa shape index (κ3) is 3.43. The van der Waals surface area contributed by atoms with Crippen LogP contribution in [0.1, 0.15) is 19.0 Å². The van der Waals surface area contributed by atoms with Gasteiger partial charge in [0.25, 0.3) is 5.91 Å². The van der Waals surface area contributed by atoms with Gasteiger partial charge in [-0.1, -0.05) is 13.0 Å². The Morgan fingerprint density at radius 3 is 2.79 bits per heavy atom. The van der Waals surface area contributed by atoms with Gasteiger partial charge in [0, 0.05) is 18.9 Å². The van der Waals surface area contributed by atoms with Crippen molar-refractivity contribution in [3.8, 4) is 0 Å². The van der Waals surface area contributed by atoms with E-state index < -0.39 is 17.7 Å². The zero-order chi connectivity index (χ0) is 17.1. The van der Waals surface area contributed by atoms with Crippen LogP contribution in [0.25, 0.3) is 0 Å². The molecule has 3 rings (SSSR count). The number of anilines is 1. The highest BCUT2D eigenvalue weighted by atomic mass is 19.1. The fraction of sp³-hybridized carbons (Fsp3) is 0.333. The van der Waals surface area contributed by atoms with Crippen molar-refractivity contribution in [2.24, 2.45) is 5.92 Å². The predicted molar refractivity (Wildman–Crippen MR) is 85.3 cm³/mol. The molecule has 0 spiro atoms. The average Bonchev–Trinajstić information content (AvgIpc) is 3.00. The highest BCUT2D eigenvalue weighted by molar-refractivity contribution is 5.96. The van der Waals surface area contributed by atoms with E-state index >= 15 is 0 Å². The minimum absolute atomic E-state index is 0.0229. The van der Waals surface area contributed by atoms with Gasteiger partial charge in [-0.15, -0.1) is 0 Å². The molecular formula is C18H18F2N2O2. The largest absolute Gasteiger partial charge is 0.368 e. The zero-order valence-corrected chi connectivity index (χ0v) is 13.3. The van der Waals surface area contributed by atoms with Gasteiger partial charge in [-0.25, -0.2) is 8.78 Å². The molecular weight excluding hydrogens is 314 g/mol. The number of aromatic nitrogens is 1. The minimum atomic E-state index is -0.787. The number of hydrogen-bond donors (Lipinski definition) is 0. The van der Waals surface area contributed by atoms with E-state index in [9.17, 15) is 13.6 Å². The molecule has 126 valence electrons. The Morgan fingerprint density at radius 2 is 2.17 bits per heavy atom. The molecule has 1 aliphatic rings. The molecule has 24 heavy (non-hydrogen) atoms. The summed E-state index contributed by atoms with van der Waals surface area (Å²) in [5.41, 5.74) is 0.634.